The zero-order valence-electron chi connectivity index (χ0n) is 12.8. The molecule has 0 aromatic heterocycles. The van der Waals surface area contributed by atoms with Crippen LogP contribution >= 0.6 is 0 Å². The Balaban J connectivity index is 4.72. The number of aliphatic hydroxyl groups excluding tert-OH is 1. The number of aliphatic hydroxyl groups is 1. The monoisotopic (exact) mass is 340 g/mol. The van der Waals surface area contributed by atoms with Crippen LogP contribution < -0.4 is 11.1 Å². The number of ether oxygens (including phenoxy) is 1. The van der Waals surface area contributed by atoms with Crippen LogP contribution in [0.25, 0.3) is 0 Å². The van der Waals surface area contributed by atoms with E-state index in [2.05, 4.69) is 5.32 Å². The highest BCUT2D eigenvalue weighted by molar-refractivity contribution is 6.56. The predicted molar refractivity (Wildman–Crippen MR) is 80.7 cm³/mol. The van der Waals surface area contributed by atoms with E-state index in [1.807, 2.05) is 6.92 Å². The fourth-order valence-electron chi connectivity index (χ4n) is 1.87. The average molecular weight is 340 g/mol. The first-order chi connectivity index (χ1) is 10.2. The van der Waals surface area contributed by atoms with Gasteiger partial charge in [0.15, 0.2) is 0 Å². The molecule has 0 aliphatic heterocycles. The van der Waals surface area contributed by atoms with Gasteiger partial charge in [-0.25, -0.2) is 0 Å². The van der Waals surface area contributed by atoms with Gasteiger partial charge in [-0.05, 0) is 25.8 Å². The summed E-state index contributed by atoms with van der Waals surface area (Å²) in [6.07, 6.45) is -0.350. The molecule has 0 amide bonds. The van der Waals surface area contributed by atoms with Gasteiger partial charge in [0.05, 0.1) is 6.10 Å². The van der Waals surface area contributed by atoms with E-state index in [0.29, 0.717) is 32.2 Å². The van der Waals surface area contributed by atoms with E-state index in [0.717, 1.165) is 0 Å². The van der Waals surface area contributed by atoms with Crippen LogP contribution in [-0.4, -0.2) is 70.9 Å². The van der Waals surface area contributed by atoms with Crippen molar-refractivity contribution in [3.63, 3.8) is 0 Å². The van der Waals surface area contributed by atoms with Crippen molar-refractivity contribution in [2.75, 3.05) is 13.2 Å². The molecule has 0 radical (unpaired) electrons. The Morgan fingerprint density at radius 3 is 2.41 bits per heavy atom. The number of carbonyl (C=O) groups is 1. The maximum Gasteiger partial charge on any atom is 0.495 e. The summed E-state index contributed by atoms with van der Waals surface area (Å²) >= 11 is 0. The first-order valence-corrected chi connectivity index (χ1v) is 9.41. The zero-order chi connectivity index (χ0) is 17.2. The number of hydrogen-bond donors (Lipinski definition) is 7. The van der Waals surface area contributed by atoms with Crippen LogP contribution in [-0.2, 0) is 9.53 Å². The molecule has 0 rings (SSSR count). The Bertz CT molecular complexity index is 314. The highest BCUT2D eigenvalue weighted by Gasteiger charge is 2.36. The number of rotatable bonds is 13. The number of nitrogens with one attached hydrogen (secondary N) is 1. The lowest BCUT2D eigenvalue weighted by Crippen LogP contribution is -2.53. The van der Waals surface area contributed by atoms with Gasteiger partial charge in [0.2, 0.25) is 0 Å². The molecular formula is C12H28N2O7Si. The minimum atomic E-state index is -4.47. The second-order valence-corrected chi connectivity index (χ2v) is 7.14. The van der Waals surface area contributed by atoms with Crippen LogP contribution in [0.1, 0.15) is 32.6 Å². The van der Waals surface area contributed by atoms with E-state index in [4.69, 9.17) is 24.9 Å². The number of carboxylic acid groups (broad SMARTS) is 1. The molecule has 0 bridgehead atoms. The molecule has 0 heterocycles. The van der Waals surface area contributed by atoms with Gasteiger partial charge >= 0.3 is 14.8 Å². The Hall–Kier alpha value is -0.593. The van der Waals surface area contributed by atoms with Crippen LogP contribution in [0.4, 0.5) is 0 Å². The topological polar surface area (TPSA) is 166 Å². The SMILES string of the molecule is CCCOC(NC(CCCCN)C(=O)O)C(O)C[Si](O)(O)O. The number of carboxylic acids is 1. The average Bonchev–Trinajstić information content (AvgIpc) is 2.39. The van der Waals surface area contributed by atoms with E-state index >= 15 is 0 Å². The van der Waals surface area contributed by atoms with Crippen molar-refractivity contribution in [3.05, 3.63) is 0 Å². The van der Waals surface area contributed by atoms with Gasteiger partial charge in [-0.15, -0.1) is 0 Å². The second kappa shape index (κ2) is 11.0. The summed E-state index contributed by atoms with van der Waals surface area (Å²) in [4.78, 5) is 38.4. The normalized spacial score (nSPS) is 16.3. The Morgan fingerprint density at radius 2 is 1.95 bits per heavy atom. The molecule has 3 atom stereocenters. The van der Waals surface area contributed by atoms with Gasteiger partial charge in [0.25, 0.3) is 0 Å². The van der Waals surface area contributed by atoms with E-state index in [9.17, 15) is 15.0 Å². The van der Waals surface area contributed by atoms with Crippen molar-refractivity contribution < 1.29 is 34.1 Å². The molecule has 0 aromatic rings. The van der Waals surface area contributed by atoms with Crippen LogP contribution in [0.15, 0.2) is 0 Å². The third-order valence-electron chi connectivity index (χ3n) is 2.94. The van der Waals surface area contributed by atoms with Gasteiger partial charge in [0.1, 0.15) is 12.3 Å². The van der Waals surface area contributed by atoms with Gasteiger partial charge in [-0.3, -0.25) is 10.1 Å². The standard InChI is InChI=1S/C12H28N2O7Si/c1-2-7-21-11(10(15)8-22(18,19)20)14-9(12(16)17)5-3-4-6-13/h9-11,14-15,18-20H,2-8,13H2,1H3,(H,16,17). The lowest BCUT2D eigenvalue weighted by Gasteiger charge is -2.28. The number of aliphatic carboxylic acids is 1. The fourth-order valence-corrected chi connectivity index (χ4v) is 2.65. The Kier molecular flexibility index (Phi) is 10.7. The maximum absolute atomic E-state index is 11.2. The molecule has 0 aliphatic carbocycles. The zero-order valence-corrected chi connectivity index (χ0v) is 13.8. The van der Waals surface area contributed by atoms with E-state index in [-0.39, 0.29) is 6.61 Å². The molecule has 132 valence electrons. The Morgan fingerprint density at radius 1 is 1.32 bits per heavy atom. The summed E-state index contributed by atoms with van der Waals surface area (Å²) in [5.41, 5.74) is 5.36. The fraction of sp³-hybridized carbons (Fsp3) is 0.917. The molecule has 0 fully saturated rings. The van der Waals surface area contributed by atoms with Crippen LogP contribution in [0, 0.1) is 0 Å². The molecule has 9 nitrogen and oxygen atoms in total. The van der Waals surface area contributed by atoms with Gasteiger partial charge < -0.3 is 35.1 Å². The minimum absolute atomic E-state index is 0.251. The minimum Gasteiger partial charge on any atom is -0.480 e. The summed E-state index contributed by atoms with van der Waals surface area (Å²) in [5, 5.41) is 21.8. The molecule has 0 saturated carbocycles. The summed E-state index contributed by atoms with van der Waals surface area (Å²) in [5.74, 6) is -1.10. The van der Waals surface area contributed by atoms with Crippen molar-refractivity contribution in [1.29, 1.82) is 0 Å². The first-order valence-electron chi connectivity index (χ1n) is 7.37. The molecule has 22 heavy (non-hydrogen) atoms. The quantitative estimate of drug-likeness (QED) is 0.116. The molecular weight excluding hydrogens is 312 g/mol. The lowest BCUT2D eigenvalue weighted by atomic mass is 10.1. The summed E-state index contributed by atoms with van der Waals surface area (Å²) < 4.78 is 5.33. The molecule has 10 heteroatoms. The summed E-state index contributed by atoms with van der Waals surface area (Å²) in [7, 11) is -4.47. The molecule has 0 aliphatic rings. The molecule has 3 unspecified atom stereocenters. The lowest BCUT2D eigenvalue weighted by molar-refractivity contribution is -0.142. The van der Waals surface area contributed by atoms with Gasteiger partial charge in [0, 0.05) is 12.7 Å². The van der Waals surface area contributed by atoms with Crippen molar-refractivity contribution in [2.45, 2.75) is 57.0 Å². The number of hydrogen-bond acceptors (Lipinski definition) is 8. The largest absolute Gasteiger partial charge is 0.495 e. The van der Waals surface area contributed by atoms with Gasteiger partial charge in [-0.2, -0.15) is 0 Å². The predicted octanol–water partition coefficient (Wildman–Crippen LogP) is -1.81. The number of unbranched alkanes of at least 4 members (excludes halogenated alkanes) is 1. The first kappa shape index (κ1) is 21.4. The van der Waals surface area contributed by atoms with Crippen LogP contribution in [0.2, 0.25) is 6.04 Å². The third kappa shape index (κ3) is 10.2. The van der Waals surface area contributed by atoms with E-state index < -0.39 is 39.2 Å². The molecule has 0 saturated heterocycles. The van der Waals surface area contributed by atoms with Gasteiger partial charge in [-0.1, -0.05) is 13.3 Å². The highest BCUT2D eigenvalue weighted by atomic mass is 28.4. The molecule has 0 spiro atoms. The maximum atomic E-state index is 11.2. The van der Waals surface area contributed by atoms with Crippen LogP contribution in [0.3, 0.4) is 0 Å². The highest BCUT2D eigenvalue weighted by Crippen LogP contribution is 2.11. The van der Waals surface area contributed by atoms with Crippen LogP contribution in [0.5, 0.6) is 0 Å². The van der Waals surface area contributed by atoms with Crippen molar-refractivity contribution >= 4 is 14.8 Å². The van der Waals surface area contributed by atoms with Crippen molar-refractivity contribution in [1.82, 2.24) is 5.32 Å². The second-order valence-electron chi connectivity index (χ2n) is 5.18. The van der Waals surface area contributed by atoms with Crippen molar-refractivity contribution in [2.24, 2.45) is 5.73 Å². The molecule has 8 N–H and O–H groups in total. The van der Waals surface area contributed by atoms with E-state index in [1.165, 1.54) is 0 Å². The number of nitrogens with two attached hydrogens (primary N) is 1. The molecule has 0 aromatic carbocycles. The third-order valence-corrected chi connectivity index (χ3v) is 3.91. The smallest absolute Gasteiger partial charge is 0.480 e. The summed E-state index contributed by atoms with van der Waals surface area (Å²) in [6.45, 7) is 2.54. The van der Waals surface area contributed by atoms with Crippen molar-refractivity contribution in [3.8, 4) is 0 Å². The summed E-state index contributed by atoms with van der Waals surface area (Å²) in [6, 6.07) is -1.63. The Labute approximate surface area is 131 Å². The van der Waals surface area contributed by atoms with E-state index in [1.54, 1.807) is 0 Å².